The van der Waals surface area contributed by atoms with Crippen LogP contribution in [0.2, 0.25) is 0 Å². The zero-order valence-electron chi connectivity index (χ0n) is 70.8. The molecule has 8 aromatic heterocycles. The van der Waals surface area contributed by atoms with Gasteiger partial charge in [-0.3, -0.25) is 15.0 Å². The van der Waals surface area contributed by atoms with Crippen LogP contribution in [0.3, 0.4) is 0 Å². The van der Waals surface area contributed by atoms with Crippen molar-refractivity contribution in [2.45, 2.75) is 168 Å². The molecule has 0 spiro atoms. The Morgan fingerprint density at radius 3 is 1.16 bits per heavy atom. The molecule has 8 heterocycles. The molecule has 12 heteroatoms. The van der Waals surface area contributed by atoms with Gasteiger partial charge < -0.3 is 0 Å². The van der Waals surface area contributed by atoms with Crippen molar-refractivity contribution in [2.75, 3.05) is 0 Å². The van der Waals surface area contributed by atoms with Crippen LogP contribution in [0.1, 0.15) is 171 Å². The third kappa shape index (κ3) is 18.0. The highest BCUT2D eigenvalue weighted by Crippen LogP contribution is 2.38. The number of fused-ring (bicyclic) bond motifs is 5. The predicted octanol–water partition coefficient (Wildman–Crippen LogP) is 22.8. The SMILES string of the molecule is CCC(CC)c1ccc2c(-c3cc(C)c(F)c(C)c3C)[n+](C)cnc2c1.CCC(CC)c1ccc2nc[n+](C)c(-c3cc(C)c(F)c(C)c3C)c2c1.Cc1ccccc1-c1c2cc(C(C)C)cnc2cc[n+]1C.Cc1ccccc1-c1c2cc(CC(C)C)cnc2cc[n+]1C.Cc1ccccc1-c1c2cccnc2cc[n+]1C. The summed E-state index contributed by atoms with van der Waals surface area (Å²) in [5.41, 5.74) is 30.9. The van der Waals surface area contributed by atoms with Crippen LogP contribution < -0.4 is 22.8 Å². The monoisotopic (exact) mass is 1510 g/mol. The summed E-state index contributed by atoms with van der Waals surface area (Å²) in [4.78, 5) is 23.0. The molecule has 0 amide bonds. The lowest BCUT2D eigenvalue weighted by atomic mass is 9.90. The number of benzene rings is 7. The van der Waals surface area contributed by atoms with Crippen molar-refractivity contribution in [3.63, 3.8) is 0 Å². The molecule has 0 saturated heterocycles. The van der Waals surface area contributed by atoms with Crippen LogP contribution in [0.4, 0.5) is 8.78 Å². The first-order valence-corrected chi connectivity index (χ1v) is 40.2. The molecular weight excluding hydrogens is 1390 g/mol. The van der Waals surface area contributed by atoms with E-state index in [-0.39, 0.29) is 11.6 Å². The van der Waals surface area contributed by atoms with Crippen molar-refractivity contribution in [1.82, 2.24) is 24.9 Å². The number of pyridine rings is 6. The van der Waals surface area contributed by atoms with Gasteiger partial charge in [0.15, 0.2) is 29.6 Å². The summed E-state index contributed by atoms with van der Waals surface area (Å²) in [7, 11) is 10.3. The minimum atomic E-state index is -0.108. The molecule has 0 aliphatic rings. The average Bonchev–Trinajstić information content (AvgIpc) is 0.728. The minimum absolute atomic E-state index is 0.106. The summed E-state index contributed by atoms with van der Waals surface area (Å²) < 4.78 is 39.3. The van der Waals surface area contributed by atoms with E-state index < -0.39 is 0 Å². The lowest BCUT2D eigenvalue weighted by Crippen LogP contribution is -2.32. The van der Waals surface area contributed by atoms with Crippen LogP contribution in [0.25, 0.3) is 111 Å². The first-order chi connectivity index (χ1) is 54.2. The van der Waals surface area contributed by atoms with Crippen molar-refractivity contribution >= 4 is 54.5 Å². The van der Waals surface area contributed by atoms with Gasteiger partial charge in [0, 0.05) is 64.6 Å². The molecule has 0 fully saturated rings. The molecule has 578 valence electrons. The number of hydrogen-bond acceptors (Lipinski definition) is 5. The standard InChI is InChI=1S/2C23H28FN2.C20H23N2.C19H21N2.C16H15N2/c1-7-17(8-2)18-9-10-21-20(12-18)23(26(6)13-25-21)19-11-14(3)22(24)16(5)15(19)4;1-7-17(8-2)18-9-10-19-21(12-18)25-13-26(6)23(19)20-11-14(3)22(24)16(5)15(20)4;1-14(2)11-16-12-18-19(21-13-16)9-10-22(4)20(18)17-8-6-5-7-15(17)3;1-13(2)15-11-17-18(20-12-15)9-10-21(4)19(17)16-8-6-5-7-14(16)3;1-12-6-3-4-7-13(12)16-14-8-5-10-17-15(14)9-11-18(16)2/h2*9-13,17H,7-8H2,1-6H3;5-10,12-14H,11H2,1-4H3;5-13H,1-4H3;3-11H,1-2H3/q5*+1. The predicted molar refractivity (Wildman–Crippen MR) is 464 cm³/mol. The smallest absolute Gasteiger partial charge is 0.256 e. The van der Waals surface area contributed by atoms with E-state index >= 15 is 0 Å². The van der Waals surface area contributed by atoms with Gasteiger partial charge in [-0.05, 0) is 279 Å². The largest absolute Gasteiger partial charge is 0.287 e. The molecular formula is C101H115F2N10+5. The van der Waals surface area contributed by atoms with Crippen LogP contribution in [-0.4, -0.2) is 24.9 Å². The van der Waals surface area contributed by atoms with Crippen LogP contribution in [0.5, 0.6) is 0 Å². The van der Waals surface area contributed by atoms with Gasteiger partial charge in [-0.15, -0.1) is 0 Å². The fourth-order valence-electron chi connectivity index (χ4n) is 16.0. The van der Waals surface area contributed by atoms with Gasteiger partial charge in [-0.1, -0.05) is 122 Å². The lowest BCUT2D eigenvalue weighted by Gasteiger charge is -2.16. The van der Waals surface area contributed by atoms with Crippen molar-refractivity contribution in [3.8, 4) is 56.3 Å². The van der Waals surface area contributed by atoms with Crippen LogP contribution in [-0.2, 0) is 41.7 Å². The normalized spacial score (nSPS) is 11.3. The maximum atomic E-state index is 14.3. The van der Waals surface area contributed by atoms with Gasteiger partial charge in [0.1, 0.15) is 44.2 Å². The van der Waals surface area contributed by atoms with Crippen LogP contribution in [0.15, 0.2) is 214 Å². The van der Waals surface area contributed by atoms with Crippen molar-refractivity contribution in [2.24, 2.45) is 41.2 Å². The quantitative estimate of drug-likeness (QED) is 0.101. The second kappa shape index (κ2) is 36.5. The number of halogens is 2. The molecule has 0 unspecified atom stereocenters. The molecule has 0 bridgehead atoms. The summed E-state index contributed by atoms with van der Waals surface area (Å²) in [6.45, 7) is 35.7. The summed E-state index contributed by atoms with van der Waals surface area (Å²) in [5, 5.41) is 5.89. The van der Waals surface area contributed by atoms with Crippen molar-refractivity contribution < 1.29 is 31.6 Å². The van der Waals surface area contributed by atoms with E-state index in [9.17, 15) is 8.78 Å². The van der Waals surface area contributed by atoms with Crippen molar-refractivity contribution in [1.29, 1.82) is 0 Å². The molecule has 0 aliphatic heterocycles. The maximum Gasteiger partial charge on any atom is 0.287 e. The molecule has 113 heavy (non-hydrogen) atoms. The van der Waals surface area contributed by atoms with Gasteiger partial charge in [0.05, 0.1) is 57.6 Å². The molecule has 0 saturated carbocycles. The highest BCUT2D eigenvalue weighted by atomic mass is 19.1. The maximum absolute atomic E-state index is 14.3. The minimum Gasteiger partial charge on any atom is -0.256 e. The van der Waals surface area contributed by atoms with E-state index in [1.807, 2.05) is 110 Å². The first-order valence-electron chi connectivity index (χ1n) is 40.2. The lowest BCUT2D eigenvalue weighted by molar-refractivity contribution is -0.662. The zero-order valence-corrected chi connectivity index (χ0v) is 70.8. The first kappa shape index (κ1) is 82.7. The molecule has 0 aliphatic carbocycles. The second-order valence-electron chi connectivity index (χ2n) is 31.5. The average molecular weight is 1510 g/mol. The zero-order chi connectivity index (χ0) is 81.2. The Bertz CT molecular complexity index is 5970. The Balaban J connectivity index is 0.000000140. The summed E-state index contributed by atoms with van der Waals surface area (Å²) in [6, 6.07) is 57.6. The van der Waals surface area contributed by atoms with E-state index in [1.54, 1.807) is 0 Å². The van der Waals surface area contributed by atoms with Crippen molar-refractivity contribution in [3.05, 3.63) is 298 Å². The van der Waals surface area contributed by atoms with E-state index in [4.69, 9.17) is 0 Å². The Kier molecular flexibility index (Phi) is 26.7. The molecule has 0 radical (unpaired) electrons. The number of hydrogen-bond donors (Lipinski definition) is 0. The summed E-state index contributed by atoms with van der Waals surface area (Å²) >= 11 is 0. The summed E-state index contributed by atoms with van der Waals surface area (Å²) in [6.07, 6.45) is 21.4. The molecule has 0 N–H and O–H groups in total. The fourth-order valence-corrected chi connectivity index (χ4v) is 16.0. The van der Waals surface area contributed by atoms with Crippen LogP contribution in [0, 0.1) is 79.9 Å². The van der Waals surface area contributed by atoms with E-state index in [2.05, 4.69) is 305 Å². The van der Waals surface area contributed by atoms with E-state index in [0.29, 0.717) is 34.8 Å². The van der Waals surface area contributed by atoms with Gasteiger partial charge in [-0.25, -0.2) is 31.6 Å². The van der Waals surface area contributed by atoms with E-state index in [0.717, 1.165) is 115 Å². The Labute approximate surface area is 669 Å². The molecule has 0 atom stereocenters. The Hall–Kier alpha value is -11.2. The Morgan fingerprint density at radius 1 is 0.319 bits per heavy atom. The number of aromatic nitrogens is 10. The Morgan fingerprint density at radius 2 is 0.699 bits per heavy atom. The van der Waals surface area contributed by atoms with E-state index in [1.165, 1.54) is 88.9 Å². The topological polar surface area (TPSA) is 83.8 Å². The van der Waals surface area contributed by atoms with Gasteiger partial charge in [-0.2, -0.15) is 0 Å². The third-order valence-electron chi connectivity index (χ3n) is 22.9. The van der Waals surface area contributed by atoms with Gasteiger partial charge in [0.2, 0.25) is 17.1 Å². The highest BCUT2D eigenvalue weighted by Gasteiger charge is 2.26. The molecule has 15 aromatic rings. The fraction of sp³-hybridized carbons (Fsp3) is 0.307. The highest BCUT2D eigenvalue weighted by molar-refractivity contribution is 5.96. The summed E-state index contributed by atoms with van der Waals surface area (Å²) in [5.74, 6) is 2.02. The second-order valence-corrected chi connectivity index (χ2v) is 31.5. The molecule has 10 nitrogen and oxygen atoms in total. The molecule has 7 aromatic carbocycles. The third-order valence-corrected chi connectivity index (χ3v) is 22.9. The molecule has 15 rings (SSSR count). The number of nitrogens with zero attached hydrogens (tertiary/aromatic N) is 10. The van der Waals surface area contributed by atoms with Gasteiger partial charge >= 0.3 is 0 Å². The number of rotatable bonds is 14. The number of aryl methyl sites for hydroxylation is 10. The van der Waals surface area contributed by atoms with Crippen LogP contribution >= 0.6 is 0 Å². The van der Waals surface area contributed by atoms with Gasteiger partial charge in [0.25, 0.3) is 12.7 Å².